The van der Waals surface area contributed by atoms with Crippen LogP contribution in [0.3, 0.4) is 0 Å². The lowest BCUT2D eigenvalue weighted by atomic mass is 10.0. The van der Waals surface area contributed by atoms with Crippen LogP contribution in [-0.4, -0.2) is 43.2 Å². The van der Waals surface area contributed by atoms with Gasteiger partial charge in [0.15, 0.2) is 0 Å². The molecule has 0 spiro atoms. The molecule has 114 valence electrons. The Bertz CT molecular complexity index is 424. The quantitative estimate of drug-likeness (QED) is 0.810. The number of hydrogen-bond donors (Lipinski definition) is 2. The van der Waals surface area contributed by atoms with E-state index in [4.69, 9.17) is 23.2 Å². The van der Waals surface area contributed by atoms with Crippen molar-refractivity contribution in [3.63, 3.8) is 0 Å². The molecule has 3 nitrogen and oxygen atoms in total. The molecule has 0 saturated carbocycles. The van der Waals surface area contributed by atoms with Crippen LogP contribution in [0.4, 0.5) is 0 Å². The van der Waals surface area contributed by atoms with E-state index in [1.807, 2.05) is 14.1 Å². The summed E-state index contributed by atoms with van der Waals surface area (Å²) in [5.41, 5.74) is 0.666. The van der Waals surface area contributed by atoms with Gasteiger partial charge in [0, 0.05) is 34.7 Å². The Labute approximate surface area is 131 Å². The van der Waals surface area contributed by atoms with Gasteiger partial charge >= 0.3 is 0 Å². The maximum absolute atomic E-state index is 10.3. The van der Waals surface area contributed by atoms with Gasteiger partial charge in [-0.25, -0.2) is 0 Å². The van der Waals surface area contributed by atoms with Crippen LogP contribution in [0.2, 0.25) is 10.0 Å². The first-order valence-electron chi connectivity index (χ1n) is 6.82. The first-order chi connectivity index (χ1) is 9.31. The highest BCUT2D eigenvalue weighted by Crippen LogP contribution is 2.26. The predicted octanol–water partition coefficient (Wildman–Crippen LogP) is 3.20. The molecular weight excluding hydrogens is 295 g/mol. The zero-order valence-corrected chi connectivity index (χ0v) is 14.0. The molecule has 0 heterocycles. The maximum atomic E-state index is 10.3. The second kappa shape index (κ2) is 8.20. The predicted molar refractivity (Wildman–Crippen MR) is 86.6 cm³/mol. The van der Waals surface area contributed by atoms with Crippen LogP contribution in [0, 0.1) is 5.92 Å². The van der Waals surface area contributed by atoms with Gasteiger partial charge in [-0.2, -0.15) is 0 Å². The first-order valence-corrected chi connectivity index (χ1v) is 7.58. The zero-order chi connectivity index (χ0) is 15.3. The van der Waals surface area contributed by atoms with Crippen molar-refractivity contribution in [3.05, 3.63) is 33.8 Å². The number of aliphatic hydroxyl groups excluding tert-OH is 1. The van der Waals surface area contributed by atoms with Gasteiger partial charge in [-0.05, 0) is 38.2 Å². The van der Waals surface area contributed by atoms with Crippen LogP contribution >= 0.6 is 23.2 Å². The lowest BCUT2D eigenvalue weighted by Gasteiger charge is -2.27. The minimum atomic E-state index is -0.662. The molecule has 1 rings (SSSR count). The van der Waals surface area contributed by atoms with Crippen LogP contribution in [0.5, 0.6) is 0 Å². The molecule has 0 aromatic heterocycles. The van der Waals surface area contributed by atoms with Gasteiger partial charge in [-0.3, -0.25) is 0 Å². The van der Waals surface area contributed by atoms with E-state index in [1.165, 1.54) is 0 Å². The zero-order valence-electron chi connectivity index (χ0n) is 12.5. The Hall–Kier alpha value is -0.320. The molecule has 0 radical (unpaired) electrons. The molecule has 1 aromatic rings. The van der Waals surface area contributed by atoms with Gasteiger partial charge in [-0.15, -0.1) is 0 Å². The Kier molecular flexibility index (Phi) is 7.27. The Morgan fingerprint density at radius 3 is 2.45 bits per heavy atom. The second-order valence-electron chi connectivity index (χ2n) is 5.70. The van der Waals surface area contributed by atoms with E-state index in [2.05, 4.69) is 24.1 Å². The van der Waals surface area contributed by atoms with Crippen molar-refractivity contribution < 1.29 is 5.11 Å². The fraction of sp³-hybridized carbons (Fsp3) is 0.600. The lowest BCUT2D eigenvalue weighted by molar-refractivity contribution is 0.160. The number of halogens is 2. The summed E-state index contributed by atoms with van der Waals surface area (Å²) >= 11 is 12.0. The average Bonchev–Trinajstić information content (AvgIpc) is 2.36. The van der Waals surface area contributed by atoms with Crippen molar-refractivity contribution in [3.8, 4) is 0 Å². The molecule has 2 N–H and O–H groups in total. The summed E-state index contributed by atoms with van der Waals surface area (Å²) in [4.78, 5) is 2.14. The lowest BCUT2D eigenvalue weighted by Crippen LogP contribution is -2.43. The fourth-order valence-corrected chi connectivity index (χ4v) is 2.47. The highest BCUT2D eigenvalue weighted by Gasteiger charge is 2.17. The molecule has 0 bridgehead atoms. The van der Waals surface area contributed by atoms with Crippen molar-refractivity contribution in [2.45, 2.75) is 26.0 Å². The molecular formula is C15H24Cl2N2O. The third-order valence-corrected chi connectivity index (χ3v) is 3.84. The molecule has 2 atom stereocenters. The fourth-order valence-electron chi connectivity index (χ4n) is 2.05. The normalized spacial score (nSPS) is 14.8. The smallest absolute Gasteiger partial charge is 0.0929 e. The number of benzene rings is 1. The topological polar surface area (TPSA) is 35.5 Å². The summed E-state index contributed by atoms with van der Waals surface area (Å²) in [6.07, 6.45) is -0.662. The number of nitrogens with one attached hydrogen (secondary N) is 1. The van der Waals surface area contributed by atoms with E-state index >= 15 is 0 Å². The van der Waals surface area contributed by atoms with E-state index in [-0.39, 0.29) is 0 Å². The second-order valence-corrected chi connectivity index (χ2v) is 6.55. The SMILES string of the molecule is CC(C)C(CN(C)C)NCC(O)c1cc(Cl)ccc1Cl. The largest absolute Gasteiger partial charge is 0.387 e. The summed E-state index contributed by atoms with van der Waals surface area (Å²) < 4.78 is 0. The van der Waals surface area contributed by atoms with Gasteiger partial charge in [0.05, 0.1) is 6.10 Å². The highest BCUT2D eigenvalue weighted by atomic mass is 35.5. The molecule has 20 heavy (non-hydrogen) atoms. The van der Waals surface area contributed by atoms with Crippen LogP contribution in [0.15, 0.2) is 18.2 Å². The van der Waals surface area contributed by atoms with Gasteiger partial charge in [0.25, 0.3) is 0 Å². The number of hydrogen-bond acceptors (Lipinski definition) is 3. The van der Waals surface area contributed by atoms with Crippen LogP contribution in [0.25, 0.3) is 0 Å². The molecule has 5 heteroatoms. The molecule has 0 aliphatic carbocycles. The van der Waals surface area contributed by atoms with E-state index in [9.17, 15) is 5.11 Å². The summed E-state index contributed by atoms with van der Waals surface area (Å²) in [5.74, 6) is 0.486. The van der Waals surface area contributed by atoms with Crippen molar-refractivity contribution >= 4 is 23.2 Å². The van der Waals surface area contributed by atoms with Crippen LogP contribution < -0.4 is 5.32 Å². The number of aliphatic hydroxyl groups is 1. The average molecular weight is 319 g/mol. The summed E-state index contributed by atoms with van der Waals surface area (Å²) in [5, 5.41) is 14.8. The van der Waals surface area contributed by atoms with Crippen LogP contribution in [-0.2, 0) is 0 Å². The highest BCUT2D eigenvalue weighted by molar-refractivity contribution is 6.33. The molecule has 0 aliphatic heterocycles. The molecule has 0 amide bonds. The molecule has 0 aliphatic rings. The minimum absolute atomic E-state index is 0.317. The van der Waals surface area contributed by atoms with Crippen molar-refractivity contribution in [1.29, 1.82) is 0 Å². The van der Waals surface area contributed by atoms with Gasteiger partial charge in [0.1, 0.15) is 0 Å². The first kappa shape index (κ1) is 17.7. The number of likely N-dealkylation sites (N-methyl/N-ethyl adjacent to an activating group) is 1. The summed E-state index contributed by atoms with van der Waals surface area (Å²) in [6.45, 7) is 5.71. The van der Waals surface area contributed by atoms with Crippen LogP contribution in [0.1, 0.15) is 25.5 Å². The van der Waals surface area contributed by atoms with E-state index in [0.29, 0.717) is 34.1 Å². The van der Waals surface area contributed by atoms with E-state index in [1.54, 1.807) is 18.2 Å². The monoisotopic (exact) mass is 318 g/mol. The minimum Gasteiger partial charge on any atom is -0.387 e. The molecule has 1 aromatic carbocycles. The molecule has 0 fully saturated rings. The van der Waals surface area contributed by atoms with Gasteiger partial charge in [0.2, 0.25) is 0 Å². The van der Waals surface area contributed by atoms with Gasteiger partial charge in [-0.1, -0.05) is 37.0 Å². The standard InChI is InChI=1S/C15H24Cl2N2O/c1-10(2)14(9-19(3)4)18-8-15(20)12-7-11(16)5-6-13(12)17/h5-7,10,14-15,18,20H,8-9H2,1-4H3. The van der Waals surface area contributed by atoms with Crippen molar-refractivity contribution in [1.82, 2.24) is 10.2 Å². The summed E-state index contributed by atoms with van der Waals surface area (Å²) in [6, 6.07) is 5.46. The van der Waals surface area contributed by atoms with E-state index < -0.39 is 6.10 Å². The maximum Gasteiger partial charge on any atom is 0.0929 e. The van der Waals surface area contributed by atoms with Crippen molar-refractivity contribution in [2.24, 2.45) is 5.92 Å². The van der Waals surface area contributed by atoms with Gasteiger partial charge < -0.3 is 15.3 Å². The third kappa shape index (κ3) is 5.58. The molecule has 2 unspecified atom stereocenters. The third-order valence-electron chi connectivity index (χ3n) is 3.26. The summed E-state index contributed by atoms with van der Waals surface area (Å²) in [7, 11) is 4.09. The number of nitrogens with zero attached hydrogens (tertiary/aromatic N) is 1. The Morgan fingerprint density at radius 1 is 1.25 bits per heavy atom. The van der Waals surface area contributed by atoms with E-state index in [0.717, 1.165) is 6.54 Å². The molecule has 0 saturated heterocycles. The Balaban J connectivity index is 2.65. The Morgan fingerprint density at radius 2 is 1.90 bits per heavy atom. The number of rotatable bonds is 7. The van der Waals surface area contributed by atoms with Crippen molar-refractivity contribution in [2.75, 3.05) is 27.2 Å².